The van der Waals surface area contributed by atoms with E-state index in [0.717, 1.165) is 55.6 Å². The number of nitrogens with zero attached hydrogens (tertiary/aromatic N) is 5. The minimum Gasteiger partial charge on any atom is -0.368 e. The van der Waals surface area contributed by atoms with Crippen LogP contribution < -0.4 is 11.1 Å². The number of hydrogen-bond acceptors (Lipinski definition) is 8. The van der Waals surface area contributed by atoms with Gasteiger partial charge in [0.15, 0.2) is 5.82 Å². The summed E-state index contributed by atoms with van der Waals surface area (Å²) in [7, 11) is 2.18. The van der Waals surface area contributed by atoms with E-state index in [-0.39, 0.29) is 11.4 Å². The molecule has 8 nitrogen and oxygen atoms in total. The van der Waals surface area contributed by atoms with E-state index in [1.807, 2.05) is 0 Å². The monoisotopic (exact) mass is 419 g/mol. The molecule has 3 aromatic rings. The minimum absolute atomic E-state index is 0.167. The van der Waals surface area contributed by atoms with Gasteiger partial charge in [-0.05, 0) is 50.8 Å². The third-order valence-corrected chi connectivity index (χ3v) is 7.04. The zero-order valence-electron chi connectivity index (χ0n) is 18.1. The molecule has 1 saturated carbocycles. The number of hydrogen-bond donors (Lipinski definition) is 2. The highest BCUT2D eigenvalue weighted by Gasteiger charge is 2.44. The molecule has 162 valence electrons. The van der Waals surface area contributed by atoms with Crippen LogP contribution in [0.5, 0.6) is 0 Å². The van der Waals surface area contributed by atoms with Crippen molar-refractivity contribution in [2.45, 2.75) is 56.5 Å². The topological polar surface area (TPSA) is 106 Å². The molecule has 2 aliphatic rings. The zero-order valence-corrected chi connectivity index (χ0v) is 18.1. The second kappa shape index (κ2) is 7.92. The van der Waals surface area contributed by atoms with E-state index < -0.39 is 0 Å². The van der Waals surface area contributed by atoms with E-state index >= 15 is 0 Å². The van der Waals surface area contributed by atoms with Gasteiger partial charge in [0.2, 0.25) is 5.95 Å². The van der Waals surface area contributed by atoms with Gasteiger partial charge in [-0.3, -0.25) is 0 Å². The van der Waals surface area contributed by atoms with Crippen LogP contribution in [0.4, 0.5) is 12.0 Å². The smallest absolute Gasteiger partial charge is 0.321 e. The van der Waals surface area contributed by atoms with E-state index in [2.05, 4.69) is 63.6 Å². The van der Waals surface area contributed by atoms with Gasteiger partial charge in [-0.1, -0.05) is 35.8 Å². The number of piperidine rings is 1. The average Bonchev–Trinajstić information content (AvgIpc) is 3.20. The molecule has 1 aromatic carbocycles. The molecule has 1 aliphatic carbocycles. The standard InChI is InChI=1S/C23H29N7O/c1-15-12-19(8-11-30(15)2)27-22-28-20(29-31-22)23(9-3-10-23)18-6-4-16(5-7-18)17-13-25-21(24)26-14-17/h4-7,13-15,19H,3,8-12H2,1-2H3,(H2,24,25,26)(H,27,28,29). The molecule has 1 saturated heterocycles. The van der Waals surface area contributed by atoms with Crippen molar-refractivity contribution in [2.75, 3.05) is 24.6 Å². The lowest BCUT2D eigenvalue weighted by atomic mass is 9.64. The Kier molecular flexibility index (Phi) is 5.09. The molecular formula is C23H29N7O. The molecule has 1 aliphatic heterocycles. The van der Waals surface area contributed by atoms with E-state index in [0.29, 0.717) is 18.1 Å². The molecule has 0 spiro atoms. The summed E-state index contributed by atoms with van der Waals surface area (Å²) in [6.45, 7) is 3.34. The predicted octanol–water partition coefficient (Wildman–Crippen LogP) is 3.47. The normalized spacial score (nSPS) is 23.3. The van der Waals surface area contributed by atoms with Gasteiger partial charge in [-0.15, -0.1) is 0 Å². The number of anilines is 2. The molecule has 8 heteroatoms. The Morgan fingerprint density at radius 2 is 1.87 bits per heavy atom. The summed E-state index contributed by atoms with van der Waals surface area (Å²) in [5.41, 5.74) is 8.66. The van der Waals surface area contributed by atoms with Crippen LogP contribution in [0.1, 0.15) is 50.4 Å². The van der Waals surface area contributed by atoms with Gasteiger partial charge in [-0.2, -0.15) is 4.98 Å². The molecule has 3 N–H and O–H groups in total. The highest BCUT2D eigenvalue weighted by atomic mass is 16.5. The first-order valence-corrected chi connectivity index (χ1v) is 11.0. The third-order valence-electron chi connectivity index (χ3n) is 7.04. The molecule has 0 radical (unpaired) electrons. The van der Waals surface area contributed by atoms with E-state index in [9.17, 15) is 0 Å². The summed E-state index contributed by atoms with van der Waals surface area (Å²) in [6, 6.07) is 9.99. The highest BCUT2D eigenvalue weighted by molar-refractivity contribution is 5.62. The Hall–Kier alpha value is -3.00. The maximum atomic E-state index is 5.62. The van der Waals surface area contributed by atoms with Crippen molar-refractivity contribution in [3.63, 3.8) is 0 Å². The lowest BCUT2D eigenvalue weighted by Crippen LogP contribution is -2.42. The van der Waals surface area contributed by atoms with E-state index in [4.69, 9.17) is 15.2 Å². The van der Waals surface area contributed by atoms with Gasteiger partial charge in [0.25, 0.3) is 0 Å². The highest BCUT2D eigenvalue weighted by Crippen LogP contribution is 2.48. The van der Waals surface area contributed by atoms with Crippen LogP contribution in [0.25, 0.3) is 11.1 Å². The predicted molar refractivity (Wildman–Crippen MR) is 120 cm³/mol. The number of nitrogens with one attached hydrogen (secondary N) is 1. The Labute approximate surface area is 182 Å². The van der Waals surface area contributed by atoms with Crippen LogP contribution in [0.3, 0.4) is 0 Å². The molecule has 0 bridgehead atoms. The van der Waals surface area contributed by atoms with Crippen molar-refractivity contribution in [1.82, 2.24) is 25.0 Å². The van der Waals surface area contributed by atoms with Crippen LogP contribution >= 0.6 is 0 Å². The van der Waals surface area contributed by atoms with Crippen LogP contribution in [0.2, 0.25) is 0 Å². The molecule has 5 rings (SSSR count). The van der Waals surface area contributed by atoms with Crippen molar-refractivity contribution in [3.05, 3.63) is 48.0 Å². The summed E-state index contributed by atoms with van der Waals surface area (Å²) in [6.07, 6.45) is 8.88. The summed E-state index contributed by atoms with van der Waals surface area (Å²) in [5, 5.41) is 7.85. The number of benzene rings is 1. The van der Waals surface area contributed by atoms with Gasteiger partial charge >= 0.3 is 6.01 Å². The second-order valence-electron chi connectivity index (χ2n) is 8.96. The first-order chi connectivity index (χ1) is 15.0. The van der Waals surface area contributed by atoms with Crippen molar-refractivity contribution in [1.29, 1.82) is 0 Å². The minimum atomic E-state index is -0.167. The number of nitrogen functional groups attached to an aromatic ring is 1. The Morgan fingerprint density at radius 1 is 1.13 bits per heavy atom. The van der Waals surface area contributed by atoms with Crippen molar-refractivity contribution >= 4 is 12.0 Å². The van der Waals surface area contributed by atoms with Gasteiger partial charge in [0.1, 0.15) is 0 Å². The average molecular weight is 420 g/mol. The molecule has 2 aromatic heterocycles. The summed E-state index contributed by atoms with van der Waals surface area (Å²) >= 11 is 0. The fourth-order valence-electron chi connectivity index (χ4n) is 4.71. The Bertz CT molecular complexity index is 1030. The quantitative estimate of drug-likeness (QED) is 0.647. The Balaban J connectivity index is 1.34. The maximum Gasteiger partial charge on any atom is 0.321 e. The van der Waals surface area contributed by atoms with Crippen molar-refractivity contribution in [3.8, 4) is 11.1 Å². The summed E-state index contributed by atoms with van der Waals surface area (Å²) < 4.78 is 5.62. The molecule has 2 unspecified atom stereocenters. The molecule has 31 heavy (non-hydrogen) atoms. The lowest BCUT2D eigenvalue weighted by molar-refractivity contribution is 0.188. The zero-order chi connectivity index (χ0) is 21.4. The van der Waals surface area contributed by atoms with Crippen molar-refractivity contribution in [2.24, 2.45) is 0 Å². The first-order valence-electron chi connectivity index (χ1n) is 11.0. The molecule has 2 atom stereocenters. The van der Waals surface area contributed by atoms with Crippen LogP contribution in [-0.2, 0) is 5.41 Å². The van der Waals surface area contributed by atoms with Gasteiger partial charge in [-0.25, -0.2) is 9.97 Å². The fraction of sp³-hybridized carbons (Fsp3) is 0.478. The third kappa shape index (κ3) is 3.76. The van der Waals surface area contributed by atoms with Crippen LogP contribution in [0, 0.1) is 0 Å². The van der Waals surface area contributed by atoms with Gasteiger partial charge in [0.05, 0.1) is 5.41 Å². The van der Waals surface area contributed by atoms with E-state index in [1.165, 1.54) is 5.56 Å². The molecule has 2 fully saturated rings. The van der Waals surface area contributed by atoms with E-state index in [1.54, 1.807) is 12.4 Å². The van der Waals surface area contributed by atoms with Gasteiger partial charge in [0, 0.05) is 36.6 Å². The number of nitrogens with two attached hydrogens (primary N) is 1. The maximum absolute atomic E-state index is 5.62. The van der Waals surface area contributed by atoms with Crippen LogP contribution in [0.15, 0.2) is 41.2 Å². The largest absolute Gasteiger partial charge is 0.368 e. The first kappa shape index (κ1) is 19.9. The lowest BCUT2D eigenvalue weighted by Gasteiger charge is -2.39. The summed E-state index contributed by atoms with van der Waals surface area (Å²) in [5.74, 6) is 1.07. The number of likely N-dealkylation sites (tertiary alicyclic amines) is 1. The Morgan fingerprint density at radius 3 is 2.52 bits per heavy atom. The van der Waals surface area contributed by atoms with Gasteiger partial charge < -0.3 is 20.5 Å². The molecule has 3 heterocycles. The fourth-order valence-corrected chi connectivity index (χ4v) is 4.71. The molecule has 0 amide bonds. The number of aromatic nitrogens is 4. The molecular weight excluding hydrogens is 390 g/mol. The summed E-state index contributed by atoms with van der Waals surface area (Å²) in [4.78, 5) is 15.3. The van der Waals surface area contributed by atoms with Crippen LogP contribution in [-0.4, -0.2) is 50.7 Å². The van der Waals surface area contributed by atoms with Crippen molar-refractivity contribution < 1.29 is 4.52 Å². The number of rotatable bonds is 5. The second-order valence-corrected chi connectivity index (χ2v) is 8.96. The SMILES string of the molecule is CC1CC(Nc2nc(C3(c4ccc(-c5cnc(N)nc5)cc4)CCC3)no2)CCN1C.